The van der Waals surface area contributed by atoms with E-state index >= 15 is 0 Å². The predicted molar refractivity (Wildman–Crippen MR) is 14.9 cm³/mol. The van der Waals surface area contributed by atoms with Gasteiger partial charge in [-0.25, -0.2) is 4.39 Å². The fourth-order valence-electron chi connectivity index (χ4n) is 0. The van der Waals surface area contributed by atoms with Gasteiger partial charge in [-0.2, -0.15) is 0 Å². The third-order valence-electron chi connectivity index (χ3n) is 0. The minimum Gasteiger partial charge on any atom is -0.289 e. The summed E-state index contributed by atoms with van der Waals surface area (Å²) in [5.74, 6) is -1.69. The van der Waals surface area contributed by atoms with Crippen molar-refractivity contribution in [1.82, 2.24) is 0 Å². The van der Waals surface area contributed by atoms with Gasteiger partial charge in [-0.15, -0.1) is 0 Å². The van der Waals surface area contributed by atoms with Crippen LogP contribution in [-0.2, 0) is 0 Å². The molecule has 1 unspecified atom stereocenters. The monoisotopic (exact) mass is 83.0 g/mol. The van der Waals surface area contributed by atoms with Crippen molar-refractivity contribution in [3.8, 4) is 0 Å². The van der Waals surface area contributed by atoms with Crippen molar-refractivity contribution in [3.05, 3.63) is 0 Å². The molecule has 0 aliphatic rings. The standard InChI is InChI=1S/CH3ClFN/c2-1(3)4/h1H,4H2. The number of nitrogens with two attached hydrogens (primary N) is 1. The van der Waals surface area contributed by atoms with Crippen LogP contribution in [0.2, 0.25) is 0 Å². The second-order valence-corrected chi connectivity index (χ2v) is 0.751. The Morgan fingerprint density at radius 3 is 2.00 bits per heavy atom. The van der Waals surface area contributed by atoms with E-state index in [0.29, 0.717) is 0 Å². The maximum atomic E-state index is 10.5. The Morgan fingerprint density at radius 1 is 2.00 bits per heavy atom. The van der Waals surface area contributed by atoms with Gasteiger partial charge in [0.1, 0.15) is 0 Å². The highest BCUT2D eigenvalue weighted by atomic mass is 35.5. The highest BCUT2D eigenvalue weighted by Crippen LogP contribution is 1.79. The summed E-state index contributed by atoms with van der Waals surface area (Å²) in [6.07, 6.45) is 0. The second-order valence-electron chi connectivity index (χ2n) is 0.334. The molecule has 0 aliphatic heterocycles. The Kier molecular flexibility index (Phi) is 1.56. The number of halogens is 2. The zero-order valence-electron chi connectivity index (χ0n) is 1.91. The Labute approximate surface area is 28.5 Å². The minimum absolute atomic E-state index is 1.69. The topological polar surface area (TPSA) is 26.0 Å². The van der Waals surface area contributed by atoms with Crippen LogP contribution in [0.3, 0.4) is 0 Å². The molecule has 0 bridgehead atoms. The van der Waals surface area contributed by atoms with Crippen LogP contribution in [0.1, 0.15) is 0 Å². The molecule has 3 heteroatoms. The van der Waals surface area contributed by atoms with Crippen LogP contribution in [0, 0.1) is 0 Å². The first-order valence-corrected chi connectivity index (χ1v) is 1.21. The maximum absolute atomic E-state index is 10.5. The first kappa shape index (κ1) is 4.18. The lowest BCUT2D eigenvalue weighted by atomic mass is 11.4. The van der Waals surface area contributed by atoms with Gasteiger partial charge >= 0.3 is 0 Å². The molecule has 0 saturated heterocycles. The quantitative estimate of drug-likeness (QED) is 0.334. The van der Waals surface area contributed by atoms with Gasteiger partial charge in [-0.3, -0.25) is 5.73 Å². The molecule has 26 valence electrons. The van der Waals surface area contributed by atoms with Crippen LogP contribution >= 0.6 is 11.6 Å². The molecule has 0 saturated carbocycles. The number of rotatable bonds is 0. The summed E-state index contributed by atoms with van der Waals surface area (Å²) >= 11 is 4.39. The van der Waals surface area contributed by atoms with E-state index in [1.165, 1.54) is 0 Å². The van der Waals surface area contributed by atoms with Crippen LogP contribution < -0.4 is 5.73 Å². The van der Waals surface area contributed by atoms with Crippen molar-refractivity contribution in [3.63, 3.8) is 0 Å². The number of hydrogen-bond donors (Lipinski definition) is 1. The zero-order chi connectivity index (χ0) is 3.58. The highest BCUT2D eigenvalue weighted by Gasteiger charge is 1.76. The molecule has 0 heterocycles. The Bertz CT molecular complexity index is 12.8. The van der Waals surface area contributed by atoms with Crippen LogP contribution in [0.4, 0.5) is 4.39 Å². The van der Waals surface area contributed by atoms with Crippen molar-refractivity contribution in [2.75, 3.05) is 0 Å². The molecule has 1 atom stereocenters. The molecule has 0 aromatic rings. The largest absolute Gasteiger partial charge is 0.289 e. The summed E-state index contributed by atoms with van der Waals surface area (Å²) in [7, 11) is 0. The van der Waals surface area contributed by atoms with Gasteiger partial charge in [0.25, 0.3) is 0 Å². The van der Waals surface area contributed by atoms with Crippen LogP contribution in [0.5, 0.6) is 0 Å². The van der Waals surface area contributed by atoms with E-state index < -0.39 is 5.75 Å². The molecule has 0 radical (unpaired) electrons. The molecular weight excluding hydrogens is 80.5 g/mol. The highest BCUT2D eigenvalue weighted by molar-refractivity contribution is 6.19. The number of alkyl halides is 2. The molecule has 1 nitrogen and oxygen atoms in total. The van der Waals surface area contributed by atoms with Crippen LogP contribution in [-0.4, -0.2) is 5.75 Å². The lowest BCUT2D eigenvalue weighted by Gasteiger charge is -1.73. The molecule has 0 amide bonds. The van der Waals surface area contributed by atoms with Crippen molar-refractivity contribution >= 4 is 11.6 Å². The molecule has 0 aromatic heterocycles. The van der Waals surface area contributed by atoms with Gasteiger partial charge in [0.05, 0.1) is 0 Å². The van der Waals surface area contributed by atoms with Crippen molar-refractivity contribution in [2.45, 2.75) is 5.75 Å². The van der Waals surface area contributed by atoms with Crippen molar-refractivity contribution in [1.29, 1.82) is 0 Å². The van der Waals surface area contributed by atoms with E-state index in [2.05, 4.69) is 17.3 Å². The summed E-state index contributed by atoms with van der Waals surface area (Å²) in [4.78, 5) is 0. The lowest BCUT2D eigenvalue weighted by Crippen LogP contribution is -2.00. The summed E-state index contributed by atoms with van der Waals surface area (Å²) in [5, 5.41) is 0. The lowest BCUT2D eigenvalue weighted by molar-refractivity contribution is 0.457. The SMILES string of the molecule is NC(F)Cl. The zero-order valence-corrected chi connectivity index (χ0v) is 2.67. The molecule has 0 spiro atoms. The minimum atomic E-state index is -1.69. The Balaban J connectivity index is 2.32. The third kappa shape index (κ3) is 93.7. The van der Waals surface area contributed by atoms with E-state index in [0.717, 1.165) is 0 Å². The summed E-state index contributed by atoms with van der Waals surface area (Å²) in [5.41, 5.74) is 4.21. The fourth-order valence-corrected chi connectivity index (χ4v) is 0. The average Bonchev–Trinajstić information content (AvgIpc) is 0.811. The normalized spacial score (nSPS) is 15.8. The van der Waals surface area contributed by atoms with Gasteiger partial charge in [0, 0.05) is 0 Å². The van der Waals surface area contributed by atoms with Gasteiger partial charge in [0.2, 0.25) is 5.75 Å². The molecule has 0 rings (SSSR count). The first-order valence-electron chi connectivity index (χ1n) is 0.770. The predicted octanol–water partition coefficient (Wildman–Crippen LogP) is 0.437. The second kappa shape index (κ2) is 1.49. The average molecular weight is 83.5 g/mol. The molecule has 0 fully saturated rings. The maximum Gasteiger partial charge on any atom is 0.223 e. The molecule has 2 N–H and O–H groups in total. The third-order valence-corrected chi connectivity index (χ3v) is 0. The smallest absolute Gasteiger partial charge is 0.223 e. The first-order chi connectivity index (χ1) is 1.73. The van der Waals surface area contributed by atoms with Gasteiger partial charge in [-0.05, 0) is 0 Å². The van der Waals surface area contributed by atoms with E-state index in [1.54, 1.807) is 0 Å². The van der Waals surface area contributed by atoms with E-state index in [1.807, 2.05) is 0 Å². The van der Waals surface area contributed by atoms with Crippen molar-refractivity contribution < 1.29 is 4.39 Å². The summed E-state index contributed by atoms with van der Waals surface area (Å²) in [6.45, 7) is 0. The van der Waals surface area contributed by atoms with Gasteiger partial charge in [-0.1, -0.05) is 11.6 Å². The molecule has 0 aliphatic carbocycles. The van der Waals surface area contributed by atoms with Crippen LogP contribution in [0.25, 0.3) is 0 Å². The molecular formula is CH3ClFN. The van der Waals surface area contributed by atoms with E-state index in [4.69, 9.17) is 0 Å². The van der Waals surface area contributed by atoms with Crippen molar-refractivity contribution in [2.24, 2.45) is 5.73 Å². The van der Waals surface area contributed by atoms with Gasteiger partial charge in [0.15, 0.2) is 0 Å². The Hall–Kier alpha value is 0.180. The molecule has 0 aromatic carbocycles. The van der Waals surface area contributed by atoms with Gasteiger partial charge < -0.3 is 0 Å². The van der Waals surface area contributed by atoms with Crippen LogP contribution in [0.15, 0.2) is 0 Å². The Morgan fingerprint density at radius 2 is 2.00 bits per heavy atom. The molecule has 4 heavy (non-hydrogen) atoms. The summed E-state index contributed by atoms with van der Waals surface area (Å²) < 4.78 is 10.5. The number of hydrogen-bond acceptors (Lipinski definition) is 1. The summed E-state index contributed by atoms with van der Waals surface area (Å²) in [6, 6.07) is 0. The van der Waals surface area contributed by atoms with E-state index in [-0.39, 0.29) is 0 Å². The fraction of sp³-hybridized carbons (Fsp3) is 1.00. The van der Waals surface area contributed by atoms with E-state index in [9.17, 15) is 4.39 Å².